The Kier molecular flexibility index (Phi) is 4.05. The molecule has 116 valence electrons. The molecule has 6 nitrogen and oxygen atoms in total. The van der Waals surface area contributed by atoms with Gasteiger partial charge in [-0.25, -0.2) is 14.8 Å². The van der Waals surface area contributed by atoms with E-state index in [4.69, 9.17) is 14.3 Å². The highest BCUT2D eigenvalue weighted by Gasteiger charge is 2.12. The van der Waals surface area contributed by atoms with Crippen LogP contribution in [-0.4, -0.2) is 21.0 Å². The molecule has 1 N–H and O–H groups in total. The second-order valence-corrected chi connectivity index (χ2v) is 4.84. The Labute approximate surface area is 132 Å². The summed E-state index contributed by atoms with van der Waals surface area (Å²) in [6.07, 6.45) is 0. The Bertz CT molecular complexity index is 828. The molecule has 0 fully saturated rings. The second-order valence-electron chi connectivity index (χ2n) is 4.84. The molecule has 3 rings (SSSR count). The van der Waals surface area contributed by atoms with E-state index in [1.165, 1.54) is 6.07 Å². The summed E-state index contributed by atoms with van der Waals surface area (Å²) in [6.45, 7) is 1.96. The molecule has 0 aliphatic rings. The Morgan fingerprint density at radius 1 is 1.13 bits per heavy atom. The summed E-state index contributed by atoms with van der Waals surface area (Å²) in [7, 11) is 0. The van der Waals surface area contributed by atoms with Crippen LogP contribution in [0.25, 0.3) is 11.5 Å². The third kappa shape index (κ3) is 3.37. The Balaban J connectivity index is 1.75. The maximum absolute atomic E-state index is 10.9. The maximum atomic E-state index is 10.9. The number of nitrogens with zero attached hydrogens (tertiary/aromatic N) is 2. The molecule has 0 aliphatic heterocycles. The number of pyridine rings is 1. The fourth-order valence-electron chi connectivity index (χ4n) is 2.02. The summed E-state index contributed by atoms with van der Waals surface area (Å²) in [4.78, 5) is 19.2. The van der Waals surface area contributed by atoms with Gasteiger partial charge in [0, 0.05) is 11.6 Å². The van der Waals surface area contributed by atoms with E-state index in [0.717, 1.165) is 5.56 Å². The zero-order chi connectivity index (χ0) is 16.2. The number of carboxylic acid groups (broad SMARTS) is 1. The van der Waals surface area contributed by atoms with Crippen molar-refractivity contribution in [2.45, 2.75) is 13.5 Å². The van der Waals surface area contributed by atoms with Gasteiger partial charge in [0.05, 0.1) is 0 Å². The molecule has 6 heteroatoms. The summed E-state index contributed by atoms with van der Waals surface area (Å²) in [5.74, 6) is 0.306. The van der Waals surface area contributed by atoms with E-state index < -0.39 is 5.97 Å². The highest BCUT2D eigenvalue weighted by atomic mass is 16.5. The molecule has 0 aliphatic carbocycles. The van der Waals surface area contributed by atoms with Gasteiger partial charge in [-0.3, -0.25) is 0 Å². The predicted molar refractivity (Wildman–Crippen MR) is 82.2 cm³/mol. The zero-order valence-electron chi connectivity index (χ0n) is 12.4. The highest BCUT2D eigenvalue weighted by molar-refractivity contribution is 5.85. The lowest BCUT2D eigenvalue weighted by Crippen LogP contribution is -2.04. The van der Waals surface area contributed by atoms with Gasteiger partial charge in [0.1, 0.15) is 18.1 Å². The minimum Gasteiger partial charge on any atom is -0.477 e. The second kappa shape index (κ2) is 6.31. The summed E-state index contributed by atoms with van der Waals surface area (Å²) in [5, 5.41) is 8.92. The van der Waals surface area contributed by atoms with E-state index in [1.54, 1.807) is 19.1 Å². The van der Waals surface area contributed by atoms with Gasteiger partial charge in [-0.05, 0) is 25.1 Å². The molecule has 0 atom stereocenters. The van der Waals surface area contributed by atoms with Crippen molar-refractivity contribution < 1.29 is 19.1 Å². The largest absolute Gasteiger partial charge is 0.477 e. The van der Waals surface area contributed by atoms with E-state index in [0.29, 0.717) is 17.3 Å². The number of ether oxygens (including phenoxy) is 1. The van der Waals surface area contributed by atoms with E-state index in [-0.39, 0.29) is 18.2 Å². The van der Waals surface area contributed by atoms with E-state index in [2.05, 4.69) is 9.97 Å². The third-order valence-electron chi connectivity index (χ3n) is 3.21. The van der Waals surface area contributed by atoms with Crippen molar-refractivity contribution in [3.8, 4) is 17.3 Å². The lowest BCUT2D eigenvalue weighted by molar-refractivity contribution is 0.0689. The number of rotatable bonds is 5. The first-order valence-electron chi connectivity index (χ1n) is 6.98. The van der Waals surface area contributed by atoms with Crippen LogP contribution in [0.5, 0.6) is 5.88 Å². The summed E-state index contributed by atoms with van der Waals surface area (Å²) in [6, 6.07) is 14.1. The number of benzene rings is 1. The van der Waals surface area contributed by atoms with Crippen molar-refractivity contribution in [2.24, 2.45) is 0 Å². The van der Waals surface area contributed by atoms with Crippen molar-refractivity contribution in [1.82, 2.24) is 9.97 Å². The van der Waals surface area contributed by atoms with Crippen LogP contribution in [0.1, 0.15) is 21.9 Å². The van der Waals surface area contributed by atoms with Gasteiger partial charge in [0.25, 0.3) is 0 Å². The number of hydrogen-bond donors (Lipinski definition) is 1. The van der Waals surface area contributed by atoms with Crippen molar-refractivity contribution in [3.63, 3.8) is 0 Å². The molecular formula is C17H14N2O4. The van der Waals surface area contributed by atoms with E-state index in [9.17, 15) is 4.79 Å². The Morgan fingerprint density at radius 2 is 1.91 bits per heavy atom. The molecule has 23 heavy (non-hydrogen) atoms. The van der Waals surface area contributed by atoms with Gasteiger partial charge in [-0.15, -0.1) is 0 Å². The minimum atomic E-state index is -1.10. The van der Waals surface area contributed by atoms with Crippen molar-refractivity contribution in [1.29, 1.82) is 0 Å². The standard InChI is InChI=1S/C17H14N2O4/c1-11-14(19-16(23-11)12-6-3-2-4-7-12)10-22-15-9-5-8-13(18-15)17(20)21/h2-9H,10H2,1H3,(H,20,21). The molecule has 0 radical (unpaired) electrons. The molecule has 0 spiro atoms. The summed E-state index contributed by atoms with van der Waals surface area (Å²) < 4.78 is 11.2. The normalized spacial score (nSPS) is 10.5. The number of carboxylic acids is 1. The molecule has 0 saturated carbocycles. The zero-order valence-corrected chi connectivity index (χ0v) is 12.4. The van der Waals surface area contributed by atoms with Crippen LogP contribution in [0.2, 0.25) is 0 Å². The SMILES string of the molecule is Cc1oc(-c2ccccc2)nc1COc1cccc(C(=O)O)n1. The van der Waals surface area contributed by atoms with Gasteiger partial charge in [-0.1, -0.05) is 24.3 Å². The first-order valence-corrected chi connectivity index (χ1v) is 6.98. The quantitative estimate of drug-likeness (QED) is 0.778. The number of aryl methyl sites for hydroxylation is 1. The van der Waals surface area contributed by atoms with E-state index >= 15 is 0 Å². The number of aromatic carboxylic acids is 1. The third-order valence-corrected chi connectivity index (χ3v) is 3.21. The first kappa shape index (κ1) is 14.8. The van der Waals surface area contributed by atoms with Gasteiger partial charge >= 0.3 is 5.97 Å². The molecular weight excluding hydrogens is 296 g/mol. The van der Waals surface area contributed by atoms with Crippen LogP contribution in [0.3, 0.4) is 0 Å². The lowest BCUT2D eigenvalue weighted by Gasteiger charge is -2.03. The van der Waals surface area contributed by atoms with Crippen LogP contribution in [0.15, 0.2) is 52.9 Å². The minimum absolute atomic E-state index is 0.0654. The van der Waals surface area contributed by atoms with Crippen LogP contribution < -0.4 is 4.74 Å². The average molecular weight is 310 g/mol. The van der Waals surface area contributed by atoms with Gasteiger partial charge in [-0.2, -0.15) is 0 Å². The molecule has 3 aromatic rings. The molecule has 0 amide bonds. The first-order chi connectivity index (χ1) is 11.1. The average Bonchev–Trinajstić information content (AvgIpc) is 2.95. The number of carbonyl (C=O) groups is 1. The van der Waals surface area contributed by atoms with Gasteiger partial charge in [0.15, 0.2) is 5.69 Å². The Morgan fingerprint density at radius 3 is 2.65 bits per heavy atom. The van der Waals surface area contributed by atoms with Crippen LogP contribution in [-0.2, 0) is 6.61 Å². The van der Waals surface area contributed by atoms with Crippen LogP contribution in [0, 0.1) is 6.92 Å². The summed E-state index contributed by atoms with van der Waals surface area (Å²) in [5.41, 5.74) is 1.46. The van der Waals surface area contributed by atoms with Gasteiger partial charge < -0.3 is 14.3 Å². The maximum Gasteiger partial charge on any atom is 0.354 e. The Hall–Kier alpha value is -3.15. The number of oxazole rings is 1. The topological polar surface area (TPSA) is 85.5 Å². The van der Waals surface area contributed by atoms with E-state index in [1.807, 2.05) is 30.3 Å². The van der Waals surface area contributed by atoms with Crippen LogP contribution >= 0.6 is 0 Å². The summed E-state index contributed by atoms with van der Waals surface area (Å²) >= 11 is 0. The smallest absolute Gasteiger partial charge is 0.354 e. The lowest BCUT2D eigenvalue weighted by atomic mass is 10.2. The molecule has 2 aromatic heterocycles. The molecule has 0 unspecified atom stereocenters. The molecule has 0 bridgehead atoms. The monoisotopic (exact) mass is 310 g/mol. The van der Waals surface area contributed by atoms with Gasteiger partial charge in [0.2, 0.25) is 11.8 Å². The van der Waals surface area contributed by atoms with Crippen LogP contribution in [0.4, 0.5) is 0 Å². The predicted octanol–water partition coefficient (Wildman–Crippen LogP) is 3.32. The molecule has 0 saturated heterocycles. The van der Waals surface area contributed by atoms with Crippen molar-refractivity contribution >= 4 is 5.97 Å². The highest BCUT2D eigenvalue weighted by Crippen LogP contribution is 2.22. The number of hydrogen-bond acceptors (Lipinski definition) is 5. The molecule has 2 heterocycles. The fraction of sp³-hybridized carbons (Fsp3) is 0.118. The van der Waals surface area contributed by atoms with Crippen molar-refractivity contribution in [3.05, 3.63) is 65.7 Å². The number of aromatic nitrogens is 2. The molecule has 1 aromatic carbocycles. The fourth-order valence-corrected chi connectivity index (χ4v) is 2.02. The van der Waals surface area contributed by atoms with Crippen molar-refractivity contribution in [2.75, 3.05) is 0 Å².